The van der Waals surface area contributed by atoms with Crippen LogP contribution in [0.2, 0.25) is 0 Å². The molecule has 0 saturated heterocycles. The van der Waals surface area contributed by atoms with E-state index in [1.165, 1.54) is 0 Å². The van der Waals surface area contributed by atoms with Crippen LogP contribution in [0.1, 0.15) is 13.3 Å². The Bertz CT molecular complexity index is 169. The van der Waals surface area contributed by atoms with Gasteiger partial charge in [0.2, 0.25) is 5.91 Å². The summed E-state index contributed by atoms with van der Waals surface area (Å²) in [6.07, 6.45) is 0.375. The second kappa shape index (κ2) is 7.76. The zero-order chi connectivity index (χ0) is 10.1. The maximum Gasteiger partial charge on any atom is 0.221 e. The second-order valence-corrected chi connectivity index (χ2v) is 2.90. The second-order valence-electron chi connectivity index (χ2n) is 2.90. The van der Waals surface area contributed by atoms with Crippen LogP contribution in [-0.4, -0.2) is 32.2 Å². The number of hydrogen-bond acceptors (Lipinski definition) is 3. The molecule has 0 bridgehead atoms. The van der Waals surface area contributed by atoms with Crippen molar-refractivity contribution in [3.63, 3.8) is 0 Å². The molecule has 0 spiro atoms. The van der Waals surface area contributed by atoms with Crippen molar-refractivity contribution in [3.05, 3.63) is 12.2 Å². The molecule has 4 nitrogen and oxygen atoms in total. The number of carbonyl (C=O) groups is 1. The lowest BCUT2D eigenvalue weighted by atomic mass is 10.4. The third kappa shape index (κ3) is 9.04. The summed E-state index contributed by atoms with van der Waals surface area (Å²) in [7, 11) is 0. The van der Waals surface area contributed by atoms with Crippen LogP contribution in [-0.2, 0) is 9.53 Å². The van der Waals surface area contributed by atoms with Crippen LogP contribution in [0.25, 0.3) is 0 Å². The minimum atomic E-state index is -0.0265. The maximum absolute atomic E-state index is 10.9. The minimum absolute atomic E-state index is 0.0265. The lowest BCUT2D eigenvalue weighted by Gasteiger charge is -2.05. The molecule has 0 saturated carbocycles. The van der Waals surface area contributed by atoms with E-state index < -0.39 is 0 Å². The van der Waals surface area contributed by atoms with Gasteiger partial charge in [-0.2, -0.15) is 0 Å². The molecule has 76 valence electrons. The molecule has 4 heteroatoms. The van der Waals surface area contributed by atoms with Gasteiger partial charge in [-0.3, -0.25) is 4.79 Å². The molecule has 1 amide bonds. The highest BCUT2D eigenvalue weighted by atomic mass is 16.5. The van der Waals surface area contributed by atoms with Crippen LogP contribution >= 0.6 is 0 Å². The van der Waals surface area contributed by atoms with Crippen molar-refractivity contribution in [1.82, 2.24) is 5.32 Å². The van der Waals surface area contributed by atoms with Crippen molar-refractivity contribution < 1.29 is 9.53 Å². The molecule has 0 heterocycles. The zero-order valence-corrected chi connectivity index (χ0v) is 8.14. The summed E-state index contributed by atoms with van der Waals surface area (Å²) in [4.78, 5) is 10.9. The van der Waals surface area contributed by atoms with Crippen molar-refractivity contribution in [1.29, 1.82) is 0 Å². The van der Waals surface area contributed by atoms with Gasteiger partial charge >= 0.3 is 0 Å². The van der Waals surface area contributed by atoms with E-state index in [1.807, 2.05) is 6.92 Å². The Morgan fingerprint density at radius 2 is 2.31 bits per heavy atom. The molecule has 3 N–H and O–H groups in total. The fraction of sp³-hybridized carbons (Fsp3) is 0.667. The molecule has 0 aromatic rings. The number of nitrogens with two attached hydrogens (primary N) is 1. The van der Waals surface area contributed by atoms with Crippen LogP contribution < -0.4 is 11.1 Å². The molecule has 0 aromatic heterocycles. The van der Waals surface area contributed by atoms with Gasteiger partial charge in [0.1, 0.15) is 0 Å². The van der Waals surface area contributed by atoms with Crippen LogP contribution in [0.3, 0.4) is 0 Å². The summed E-state index contributed by atoms with van der Waals surface area (Å²) in [6, 6.07) is 0. The Morgan fingerprint density at radius 1 is 1.62 bits per heavy atom. The largest absolute Gasteiger partial charge is 0.375 e. The maximum atomic E-state index is 10.9. The first-order chi connectivity index (χ1) is 6.16. The van der Waals surface area contributed by atoms with E-state index in [9.17, 15) is 4.79 Å². The SMILES string of the molecule is C=C(C)COCCNC(=O)CCN. The van der Waals surface area contributed by atoms with E-state index in [2.05, 4.69) is 11.9 Å². The first-order valence-corrected chi connectivity index (χ1v) is 4.35. The molecule has 0 fully saturated rings. The molecule has 0 aliphatic carbocycles. The smallest absolute Gasteiger partial charge is 0.221 e. The number of rotatable bonds is 7. The van der Waals surface area contributed by atoms with Crippen molar-refractivity contribution in [2.45, 2.75) is 13.3 Å². The molecule has 13 heavy (non-hydrogen) atoms. The Labute approximate surface area is 79.1 Å². The van der Waals surface area contributed by atoms with Crippen molar-refractivity contribution in [2.24, 2.45) is 5.73 Å². The molecule has 0 radical (unpaired) electrons. The van der Waals surface area contributed by atoms with Crippen molar-refractivity contribution in [2.75, 3.05) is 26.3 Å². The Hall–Kier alpha value is -0.870. The number of carbonyl (C=O) groups excluding carboxylic acids is 1. The highest BCUT2D eigenvalue weighted by Crippen LogP contribution is 1.86. The number of hydrogen-bond donors (Lipinski definition) is 2. The third-order valence-electron chi connectivity index (χ3n) is 1.29. The normalized spacial score (nSPS) is 9.69. The van der Waals surface area contributed by atoms with Gasteiger partial charge in [0.25, 0.3) is 0 Å². The highest BCUT2D eigenvalue weighted by Gasteiger charge is 1.97. The summed E-state index contributed by atoms with van der Waals surface area (Å²) in [5, 5.41) is 2.68. The molecule has 0 aliphatic rings. The van der Waals surface area contributed by atoms with Crippen molar-refractivity contribution >= 4 is 5.91 Å². The molecule has 0 rings (SSSR count). The average molecular weight is 186 g/mol. The fourth-order valence-corrected chi connectivity index (χ4v) is 0.729. The van der Waals surface area contributed by atoms with E-state index >= 15 is 0 Å². The van der Waals surface area contributed by atoms with Crippen LogP contribution in [0, 0.1) is 0 Å². The third-order valence-corrected chi connectivity index (χ3v) is 1.29. The molecular weight excluding hydrogens is 168 g/mol. The summed E-state index contributed by atoms with van der Waals surface area (Å²) in [5.74, 6) is -0.0265. The summed E-state index contributed by atoms with van der Waals surface area (Å²) in [6.45, 7) is 7.57. The van der Waals surface area contributed by atoms with E-state index in [-0.39, 0.29) is 5.91 Å². The zero-order valence-electron chi connectivity index (χ0n) is 8.14. The molecule has 0 aromatic carbocycles. The number of ether oxygens (including phenoxy) is 1. The van der Waals surface area contributed by atoms with Gasteiger partial charge in [0.05, 0.1) is 13.2 Å². The van der Waals surface area contributed by atoms with Gasteiger partial charge in [-0.1, -0.05) is 12.2 Å². The summed E-state index contributed by atoms with van der Waals surface area (Å²) in [5.41, 5.74) is 6.18. The van der Waals surface area contributed by atoms with E-state index in [1.54, 1.807) is 0 Å². The first kappa shape index (κ1) is 12.1. The summed E-state index contributed by atoms with van der Waals surface area (Å²) < 4.78 is 5.18. The predicted octanol–water partition coefficient (Wildman–Crippen LogP) is 0.0441. The first-order valence-electron chi connectivity index (χ1n) is 4.35. The number of nitrogens with one attached hydrogen (secondary N) is 1. The monoisotopic (exact) mass is 186 g/mol. The lowest BCUT2D eigenvalue weighted by molar-refractivity contribution is -0.121. The molecule has 0 atom stereocenters. The van der Waals surface area contributed by atoms with Gasteiger partial charge < -0.3 is 15.8 Å². The molecular formula is C9H18N2O2. The molecule has 0 aliphatic heterocycles. The predicted molar refractivity (Wildman–Crippen MR) is 52.3 cm³/mol. The van der Waals surface area contributed by atoms with Crippen LogP contribution in [0.5, 0.6) is 0 Å². The van der Waals surface area contributed by atoms with Crippen LogP contribution in [0.4, 0.5) is 0 Å². The highest BCUT2D eigenvalue weighted by molar-refractivity contribution is 5.75. The van der Waals surface area contributed by atoms with Gasteiger partial charge in [-0.15, -0.1) is 0 Å². The van der Waals surface area contributed by atoms with E-state index in [0.717, 1.165) is 5.57 Å². The standard InChI is InChI=1S/C9H18N2O2/c1-8(2)7-13-6-5-11-9(12)3-4-10/h1,3-7,10H2,2H3,(H,11,12). The van der Waals surface area contributed by atoms with E-state index in [4.69, 9.17) is 10.5 Å². The molecule has 0 unspecified atom stereocenters. The Morgan fingerprint density at radius 3 is 2.85 bits per heavy atom. The van der Waals surface area contributed by atoms with Gasteiger partial charge in [0.15, 0.2) is 0 Å². The van der Waals surface area contributed by atoms with Crippen LogP contribution in [0.15, 0.2) is 12.2 Å². The quantitative estimate of drug-likeness (QED) is 0.436. The Kier molecular flexibility index (Phi) is 7.24. The lowest BCUT2D eigenvalue weighted by Crippen LogP contribution is -2.28. The topological polar surface area (TPSA) is 64.3 Å². The number of amides is 1. The van der Waals surface area contributed by atoms with Gasteiger partial charge in [-0.25, -0.2) is 0 Å². The Balaban J connectivity index is 3.16. The minimum Gasteiger partial charge on any atom is -0.375 e. The fourth-order valence-electron chi connectivity index (χ4n) is 0.729. The van der Waals surface area contributed by atoms with Gasteiger partial charge in [-0.05, 0) is 6.92 Å². The summed E-state index contributed by atoms with van der Waals surface area (Å²) >= 11 is 0. The van der Waals surface area contributed by atoms with E-state index in [0.29, 0.717) is 32.7 Å². The van der Waals surface area contributed by atoms with Crippen molar-refractivity contribution in [3.8, 4) is 0 Å². The van der Waals surface area contributed by atoms with Gasteiger partial charge in [0, 0.05) is 19.5 Å². The average Bonchev–Trinajstić information content (AvgIpc) is 2.03.